The van der Waals surface area contributed by atoms with Crippen LogP contribution in [0.15, 0.2) is 0 Å². The Balaban J connectivity index is 2.89. The van der Waals surface area contributed by atoms with Crippen molar-refractivity contribution in [3.05, 3.63) is 0 Å². The molecule has 0 N–H and O–H groups in total. The van der Waals surface area contributed by atoms with Gasteiger partial charge in [0.2, 0.25) is 11.6 Å². The van der Waals surface area contributed by atoms with E-state index >= 15 is 0 Å². The molecule has 0 aliphatic carbocycles. The zero-order valence-corrected chi connectivity index (χ0v) is 12.4. The summed E-state index contributed by atoms with van der Waals surface area (Å²) in [6.07, 6.45) is -0.377. The van der Waals surface area contributed by atoms with Gasteiger partial charge in [0, 0.05) is 20.1 Å². The number of rotatable bonds is 4. The third-order valence-corrected chi connectivity index (χ3v) is 4.14. The number of methoxy groups -OCH3 is 2. The molecule has 108 valence electrons. The van der Waals surface area contributed by atoms with E-state index in [1.807, 2.05) is 0 Å². The number of halogens is 1. The fourth-order valence-corrected chi connectivity index (χ4v) is 1.97. The molecule has 0 spiro atoms. The summed E-state index contributed by atoms with van der Waals surface area (Å²) in [6, 6.07) is 0. The summed E-state index contributed by atoms with van der Waals surface area (Å²) in [7, 11) is 3.05. The zero-order valence-electron chi connectivity index (χ0n) is 12.4. The highest BCUT2D eigenvalue weighted by atomic mass is 19.1. The number of ether oxygens (including phenoxy) is 4. The van der Waals surface area contributed by atoms with E-state index in [2.05, 4.69) is 0 Å². The molecule has 5 heteroatoms. The largest absolute Gasteiger partial charge is 0.349 e. The van der Waals surface area contributed by atoms with Crippen molar-refractivity contribution in [2.24, 2.45) is 5.92 Å². The van der Waals surface area contributed by atoms with Crippen LogP contribution in [0.5, 0.6) is 0 Å². The third kappa shape index (κ3) is 2.69. The Kier molecular flexibility index (Phi) is 4.43. The molecule has 0 aromatic heterocycles. The molecule has 1 fully saturated rings. The maximum absolute atomic E-state index is 14.0. The van der Waals surface area contributed by atoms with Crippen molar-refractivity contribution in [2.75, 3.05) is 20.8 Å². The summed E-state index contributed by atoms with van der Waals surface area (Å²) in [5, 5.41) is 0. The molecule has 4 atom stereocenters. The van der Waals surface area contributed by atoms with Gasteiger partial charge in [-0.15, -0.1) is 0 Å². The molecule has 0 amide bonds. The number of hydrogen-bond acceptors (Lipinski definition) is 4. The average Bonchev–Trinajstić information content (AvgIpc) is 2.30. The highest BCUT2D eigenvalue weighted by Crippen LogP contribution is 2.40. The topological polar surface area (TPSA) is 36.9 Å². The molecule has 0 saturated carbocycles. The average molecular weight is 264 g/mol. The normalized spacial score (nSPS) is 39.7. The molecule has 1 heterocycles. The Morgan fingerprint density at radius 1 is 1.22 bits per heavy atom. The van der Waals surface area contributed by atoms with Crippen molar-refractivity contribution in [2.45, 2.75) is 58.0 Å². The van der Waals surface area contributed by atoms with Crippen molar-refractivity contribution < 1.29 is 23.3 Å². The van der Waals surface area contributed by atoms with Gasteiger partial charge in [-0.1, -0.05) is 6.92 Å². The Hall–Kier alpha value is -0.230. The molecule has 0 aromatic rings. The molecule has 0 bridgehead atoms. The van der Waals surface area contributed by atoms with Crippen molar-refractivity contribution in [3.8, 4) is 0 Å². The van der Waals surface area contributed by atoms with E-state index in [9.17, 15) is 4.39 Å². The van der Waals surface area contributed by atoms with Crippen molar-refractivity contribution in [1.82, 2.24) is 0 Å². The van der Waals surface area contributed by atoms with Gasteiger partial charge in [0.1, 0.15) is 5.67 Å². The van der Waals surface area contributed by atoms with Crippen molar-refractivity contribution in [3.63, 3.8) is 0 Å². The van der Waals surface area contributed by atoms with Crippen molar-refractivity contribution in [1.29, 1.82) is 0 Å². The summed E-state index contributed by atoms with van der Waals surface area (Å²) in [5.41, 5.74) is -1.34. The van der Waals surface area contributed by atoms with Gasteiger partial charge in [-0.05, 0) is 27.7 Å². The minimum Gasteiger partial charge on any atom is -0.349 e. The standard InChI is InChI=1S/C13H25FO4/c1-9(11(2,3)14)10-8-17-12(4,15-6)13(5,16-7)18-10/h9-10H,8H2,1-7H3/t9?,10-,12?,13?/m1/s1. The van der Waals surface area contributed by atoms with Crippen LogP contribution in [0.4, 0.5) is 4.39 Å². The zero-order chi connectivity index (χ0) is 14.2. The van der Waals surface area contributed by atoms with Gasteiger partial charge >= 0.3 is 0 Å². The number of alkyl halides is 1. The van der Waals surface area contributed by atoms with E-state index in [0.717, 1.165) is 0 Å². The predicted molar refractivity (Wildman–Crippen MR) is 66.0 cm³/mol. The van der Waals surface area contributed by atoms with Gasteiger partial charge in [-0.3, -0.25) is 0 Å². The fraction of sp³-hybridized carbons (Fsp3) is 1.00. The summed E-state index contributed by atoms with van der Waals surface area (Å²) in [4.78, 5) is 0. The molecule has 18 heavy (non-hydrogen) atoms. The molecule has 3 unspecified atom stereocenters. The van der Waals surface area contributed by atoms with Crippen LogP contribution < -0.4 is 0 Å². The highest BCUT2D eigenvalue weighted by molar-refractivity contribution is 4.91. The van der Waals surface area contributed by atoms with Gasteiger partial charge in [0.25, 0.3) is 0 Å². The first-order valence-corrected chi connectivity index (χ1v) is 6.20. The van der Waals surface area contributed by atoms with E-state index in [-0.39, 0.29) is 18.6 Å². The van der Waals surface area contributed by atoms with Gasteiger partial charge in [-0.25, -0.2) is 4.39 Å². The Morgan fingerprint density at radius 2 is 1.72 bits per heavy atom. The van der Waals surface area contributed by atoms with E-state index in [1.54, 1.807) is 20.8 Å². The van der Waals surface area contributed by atoms with Crippen LogP contribution >= 0.6 is 0 Å². The first-order valence-electron chi connectivity index (χ1n) is 6.20. The minimum absolute atomic E-state index is 0.276. The Labute approximate surface area is 109 Å². The molecule has 1 rings (SSSR count). The lowest BCUT2D eigenvalue weighted by atomic mass is 9.88. The van der Waals surface area contributed by atoms with Gasteiger partial charge < -0.3 is 18.9 Å². The molecular weight excluding hydrogens is 239 g/mol. The van der Waals surface area contributed by atoms with E-state index in [0.29, 0.717) is 0 Å². The molecule has 0 radical (unpaired) electrons. The Bertz CT molecular complexity index is 291. The fourth-order valence-electron chi connectivity index (χ4n) is 1.97. The summed E-state index contributed by atoms with van der Waals surface area (Å²) in [6.45, 7) is 8.64. The van der Waals surface area contributed by atoms with Gasteiger partial charge in [0.05, 0.1) is 12.7 Å². The molecule has 0 aromatic carbocycles. The summed E-state index contributed by atoms with van der Waals surface area (Å²) < 4.78 is 36.3. The molecule has 1 aliphatic heterocycles. The lowest BCUT2D eigenvalue weighted by Crippen LogP contribution is -2.64. The van der Waals surface area contributed by atoms with Crippen LogP contribution in [-0.4, -0.2) is 44.2 Å². The quantitative estimate of drug-likeness (QED) is 0.782. The van der Waals surface area contributed by atoms with Crippen LogP contribution in [-0.2, 0) is 18.9 Å². The molecule has 4 nitrogen and oxygen atoms in total. The predicted octanol–water partition coefficient (Wildman–Crippen LogP) is 2.51. The van der Waals surface area contributed by atoms with Crippen LogP contribution in [0, 0.1) is 5.92 Å². The second-order valence-electron chi connectivity index (χ2n) is 5.62. The second kappa shape index (κ2) is 5.04. The molecule has 1 aliphatic rings. The van der Waals surface area contributed by atoms with E-state index in [4.69, 9.17) is 18.9 Å². The maximum Gasteiger partial charge on any atom is 0.220 e. The van der Waals surface area contributed by atoms with Gasteiger partial charge in [-0.2, -0.15) is 0 Å². The minimum atomic E-state index is -1.34. The number of hydrogen-bond donors (Lipinski definition) is 0. The second-order valence-corrected chi connectivity index (χ2v) is 5.62. The lowest BCUT2D eigenvalue weighted by molar-refractivity contribution is -0.436. The van der Waals surface area contributed by atoms with Gasteiger partial charge in [0.15, 0.2) is 0 Å². The monoisotopic (exact) mass is 264 g/mol. The Morgan fingerprint density at radius 3 is 2.11 bits per heavy atom. The van der Waals surface area contributed by atoms with Crippen molar-refractivity contribution >= 4 is 0 Å². The third-order valence-electron chi connectivity index (χ3n) is 4.14. The first kappa shape index (κ1) is 15.8. The smallest absolute Gasteiger partial charge is 0.220 e. The first-order chi connectivity index (χ1) is 8.09. The summed E-state index contributed by atoms with van der Waals surface area (Å²) >= 11 is 0. The summed E-state index contributed by atoms with van der Waals surface area (Å²) in [5.74, 6) is -2.38. The van der Waals surface area contributed by atoms with Crippen LogP contribution in [0.25, 0.3) is 0 Å². The molecular formula is C13H25FO4. The van der Waals surface area contributed by atoms with E-state index in [1.165, 1.54) is 28.1 Å². The SMILES string of the molecule is COC1(C)OC[C@H](C(C)C(C)(C)F)OC1(C)OC. The van der Waals surface area contributed by atoms with Crippen LogP contribution in [0.3, 0.4) is 0 Å². The van der Waals surface area contributed by atoms with E-state index < -0.39 is 17.2 Å². The molecule has 1 saturated heterocycles. The highest BCUT2D eigenvalue weighted by Gasteiger charge is 2.55. The maximum atomic E-state index is 14.0. The van der Waals surface area contributed by atoms with Crippen LogP contribution in [0.1, 0.15) is 34.6 Å². The lowest BCUT2D eigenvalue weighted by Gasteiger charge is -2.50. The van der Waals surface area contributed by atoms with Crippen LogP contribution in [0.2, 0.25) is 0 Å².